The highest BCUT2D eigenvalue weighted by molar-refractivity contribution is 5.77. The molecule has 30 heavy (non-hydrogen) atoms. The van der Waals surface area contributed by atoms with E-state index in [1.165, 1.54) is 4.90 Å². The van der Waals surface area contributed by atoms with Crippen LogP contribution in [0.2, 0.25) is 0 Å². The maximum atomic E-state index is 12.8. The minimum absolute atomic E-state index is 0.0381. The predicted octanol–water partition coefficient (Wildman–Crippen LogP) is -0.424. The fourth-order valence-electron chi connectivity index (χ4n) is 3.84. The Hall–Kier alpha value is -2.64. The van der Waals surface area contributed by atoms with Gasteiger partial charge in [0.25, 0.3) is 11.8 Å². The number of hydrogen-bond acceptors (Lipinski definition) is 3. The third-order valence-corrected chi connectivity index (χ3v) is 5.62. The van der Waals surface area contributed by atoms with E-state index in [9.17, 15) is 9.59 Å². The molecule has 1 aliphatic rings. The molecule has 1 atom stereocenters. The number of piperazine rings is 1. The van der Waals surface area contributed by atoms with Crippen molar-refractivity contribution in [3.05, 3.63) is 60.1 Å². The third kappa shape index (κ3) is 6.43. The SMILES string of the molecule is CCCCNC(=O)C[NH+]1CCN(C(=O)C[NH2+][C@@H](c2ccccc2)c2ccco2)CC1. The van der Waals surface area contributed by atoms with Crippen LogP contribution in [0.5, 0.6) is 0 Å². The Morgan fingerprint density at radius 1 is 1.17 bits per heavy atom. The molecule has 3 rings (SSSR count). The number of furan rings is 1. The van der Waals surface area contributed by atoms with Crippen LogP contribution in [0, 0.1) is 0 Å². The van der Waals surface area contributed by atoms with Gasteiger partial charge >= 0.3 is 0 Å². The largest absolute Gasteiger partial charge is 0.463 e. The number of nitrogens with two attached hydrogens (primary N) is 1. The van der Waals surface area contributed by atoms with Crippen LogP contribution >= 0.6 is 0 Å². The zero-order valence-corrected chi connectivity index (χ0v) is 17.8. The van der Waals surface area contributed by atoms with Crippen LogP contribution in [0.4, 0.5) is 0 Å². The summed E-state index contributed by atoms with van der Waals surface area (Å²) in [7, 11) is 0. The fourth-order valence-corrected chi connectivity index (χ4v) is 3.84. The summed E-state index contributed by atoms with van der Waals surface area (Å²) in [6, 6.07) is 13.9. The Labute approximate surface area is 178 Å². The van der Waals surface area contributed by atoms with Crippen LogP contribution in [-0.4, -0.2) is 62.5 Å². The topological polar surface area (TPSA) is 83.6 Å². The van der Waals surface area contributed by atoms with Crippen LogP contribution in [0.15, 0.2) is 53.1 Å². The highest BCUT2D eigenvalue weighted by Crippen LogP contribution is 2.18. The first-order chi connectivity index (χ1) is 14.7. The molecule has 2 heterocycles. The monoisotopic (exact) mass is 414 g/mol. The molecule has 1 aromatic heterocycles. The third-order valence-electron chi connectivity index (χ3n) is 5.62. The summed E-state index contributed by atoms with van der Waals surface area (Å²) in [5.74, 6) is 1.09. The van der Waals surface area contributed by atoms with Crippen molar-refractivity contribution >= 4 is 11.8 Å². The van der Waals surface area contributed by atoms with E-state index in [2.05, 4.69) is 24.4 Å². The molecule has 4 N–H and O–H groups in total. The van der Waals surface area contributed by atoms with E-state index >= 15 is 0 Å². The second-order valence-corrected chi connectivity index (χ2v) is 7.85. The lowest BCUT2D eigenvalue weighted by Crippen LogP contribution is -3.16. The molecule has 1 saturated heterocycles. The lowest BCUT2D eigenvalue weighted by atomic mass is 10.0. The number of hydrogen-bond donors (Lipinski definition) is 3. The Bertz CT molecular complexity index is 771. The van der Waals surface area contributed by atoms with Gasteiger partial charge in [-0.2, -0.15) is 0 Å². The number of quaternary nitrogens is 2. The maximum Gasteiger partial charge on any atom is 0.278 e. The molecule has 0 spiro atoms. The van der Waals surface area contributed by atoms with E-state index < -0.39 is 0 Å². The number of unbranched alkanes of at least 4 members (excludes halogenated alkanes) is 1. The predicted molar refractivity (Wildman–Crippen MR) is 114 cm³/mol. The molecule has 0 bridgehead atoms. The summed E-state index contributed by atoms with van der Waals surface area (Å²) in [6.45, 7) is 6.74. The van der Waals surface area contributed by atoms with Gasteiger partial charge < -0.3 is 24.9 Å². The van der Waals surface area contributed by atoms with Gasteiger partial charge in [-0.25, -0.2) is 0 Å². The second-order valence-electron chi connectivity index (χ2n) is 7.85. The molecule has 162 valence electrons. The van der Waals surface area contributed by atoms with Crippen molar-refractivity contribution in [2.45, 2.75) is 25.8 Å². The molecule has 1 fully saturated rings. The van der Waals surface area contributed by atoms with Crippen molar-refractivity contribution < 1.29 is 24.2 Å². The van der Waals surface area contributed by atoms with E-state index in [1.807, 2.05) is 40.5 Å². The Kier molecular flexibility index (Phi) is 8.47. The molecule has 2 aromatic rings. The highest BCUT2D eigenvalue weighted by Gasteiger charge is 2.28. The normalized spacial score (nSPS) is 15.7. The number of rotatable bonds is 10. The molecule has 1 aliphatic heterocycles. The summed E-state index contributed by atoms with van der Waals surface area (Å²) in [5, 5.41) is 5.01. The van der Waals surface area contributed by atoms with Gasteiger partial charge in [-0.3, -0.25) is 9.59 Å². The molecule has 1 aromatic carbocycles. The van der Waals surface area contributed by atoms with Crippen molar-refractivity contribution in [3.63, 3.8) is 0 Å². The van der Waals surface area contributed by atoms with Gasteiger partial charge in [0, 0.05) is 12.1 Å². The molecule has 0 saturated carbocycles. The van der Waals surface area contributed by atoms with Crippen LogP contribution in [0.25, 0.3) is 0 Å². The first-order valence-corrected chi connectivity index (χ1v) is 11.0. The molecule has 0 aliphatic carbocycles. The summed E-state index contributed by atoms with van der Waals surface area (Å²) in [5.41, 5.74) is 1.11. The minimum Gasteiger partial charge on any atom is -0.463 e. The lowest BCUT2D eigenvalue weighted by Gasteiger charge is -2.31. The van der Waals surface area contributed by atoms with E-state index in [0.717, 1.165) is 43.8 Å². The van der Waals surface area contributed by atoms with Crippen molar-refractivity contribution in [1.29, 1.82) is 0 Å². The molecular weight excluding hydrogens is 380 g/mol. The van der Waals surface area contributed by atoms with Gasteiger partial charge in [-0.1, -0.05) is 43.7 Å². The highest BCUT2D eigenvalue weighted by atomic mass is 16.3. The minimum atomic E-state index is -0.0381. The first-order valence-electron chi connectivity index (χ1n) is 11.0. The summed E-state index contributed by atoms with van der Waals surface area (Å²) >= 11 is 0. The fraction of sp³-hybridized carbons (Fsp3) is 0.478. The van der Waals surface area contributed by atoms with Crippen LogP contribution < -0.4 is 15.5 Å². The zero-order valence-electron chi connectivity index (χ0n) is 17.8. The molecule has 2 amide bonds. The van der Waals surface area contributed by atoms with Gasteiger partial charge in [0.05, 0.1) is 32.4 Å². The molecular formula is C23H34N4O3+2. The molecule has 0 radical (unpaired) electrons. The average Bonchev–Trinajstić information content (AvgIpc) is 3.30. The van der Waals surface area contributed by atoms with E-state index in [4.69, 9.17) is 4.42 Å². The second kappa shape index (κ2) is 11.5. The number of carbonyl (C=O) groups excluding carboxylic acids is 2. The maximum absolute atomic E-state index is 12.8. The number of amides is 2. The number of carbonyl (C=O) groups is 2. The van der Waals surface area contributed by atoms with Crippen molar-refractivity contribution in [2.75, 3.05) is 45.8 Å². The van der Waals surface area contributed by atoms with Crippen molar-refractivity contribution in [1.82, 2.24) is 10.2 Å². The van der Waals surface area contributed by atoms with Gasteiger partial charge in [-0.15, -0.1) is 0 Å². The number of nitrogens with zero attached hydrogens (tertiary/aromatic N) is 1. The van der Waals surface area contributed by atoms with Crippen LogP contribution in [0.3, 0.4) is 0 Å². The summed E-state index contributed by atoms with van der Waals surface area (Å²) in [6.07, 6.45) is 3.76. The average molecular weight is 415 g/mol. The molecule has 7 heteroatoms. The van der Waals surface area contributed by atoms with Crippen LogP contribution in [-0.2, 0) is 9.59 Å². The molecule has 0 unspecified atom stereocenters. The van der Waals surface area contributed by atoms with Gasteiger partial charge in [0.2, 0.25) is 0 Å². The molecule has 7 nitrogen and oxygen atoms in total. The Balaban J connectivity index is 1.45. The van der Waals surface area contributed by atoms with E-state index in [0.29, 0.717) is 26.2 Å². The van der Waals surface area contributed by atoms with Crippen molar-refractivity contribution in [3.8, 4) is 0 Å². The van der Waals surface area contributed by atoms with Crippen molar-refractivity contribution in [2.24, 2.45) is 0 Å². The summed E-state index contributed by atoms with van der Waals surface area (Å²) in [4.78, 5) is 27.9. The number of nitrogens with one attached hydrogen (secondary N) is 2. The number of benzene rings is 1. The Morgan fingerprint density at radius 3 is 2.60 bits per heavy atom. The summed E-state index contributed by atoms with van der Waals surface area (Å²) < 4.78 is 5.62. The quantitative estimate of drug-likeness (QED) is 0.462. The van der Waals surface area contributed by atoms with E-state index in [1.54, 1.807) is 6.26 Å². The van der Waals surface area contributed by atoms with E-state index in [-0.39, 0.29) is 17.9 Å². The van der Waals surface area contributed by atoms with Gasteiger partial charge in [0.1, 0.15) is 0 Å². The van der Waals surface area contributed by atoms with Gasteiger partial charge in [0.15, 0.2) is 24.9 Å². The standard InChI is InChI=1S/C23H32N4O3/c1-2-3-11-24-21(28)18-26-12-14-27(15-13-26)22(29)17-25-23(20-10-7-16-30-20)19-8-5-4-6-9-19/h4-10,16,23,25H,2-3,11-15,17-18H2,1H3,(H,24,28)/p+2/t23-/m0/s1. The Morgan fingerprint density at radius 2 is 1.93 bits per heavy atom. The zero-order chi connectivity index (χ0) is 21.2. The first kappa shape index (κ1) is 22.1. The van der Waals surface area contributed by atoms with Crippen LogP contribution in [0.1, 0.15) is 37.1 Å². The smallest absolute Gasteiger partial charge is 0.278 e. The van der Waals surface area contributed by atoms with Gasteiger partial charge in [-0.05, 0) is 18.6 Å². The lowest BCUT2D eigenvalue weighted by molar-refractivity contribution is -0.896.